The number of nitrogens with zero attached hydrogens (tertiary/aromatic N) is 2. The Bertz CT molecular complexity index is 558. The minimum Gasteiger partial charge on any atom is -0.381 e. The van der Waals surface area contributed by atoms with E-state index in [0.717, 1.165) is 25.9 Å². The van der Waals surface area contributed by atoms with Crippen molar-refractivity contribution in [2.75, 3.05) is 26.3 Å². The van der Waals surface area contributed by atoms with Gasteiger partial charge in [-0.25, -0.2) is 8.42 Å². The zero-order chi connectivity index (χ0) is 13.5. The van der Waals surface area contributed by atoms with Gasteiger partial charge in [-0.05, 0) is 31.4 Å². The van der Waals surface area contributed by atoms with Crippen LogP contribution in [-0.2, 0) is 21.8 Å². The molecule has 2 aliphatic heterocycles. The average Bonchev–Trinajstić information content (AvgIpc) is 2.99. The molecule has 0 aromatic carbocycles. The van der Waals surface area contributed by atoms with Gasteiger partial charge in [0.05, 0.1) is 6.61 Å². The largest absolute Gasteiger partial charge is 0.381 e. The normalized spacial score (nSPS) is 29.1. The van der Waals surface area contributed by atoms with Crippen LogP contribution in [0, 0.1) is 5.41 Å². The van der Waals surface area contributed by atoms with Gasteiger partial charge in [-0.15, -0.1) is 0 Å². The van der Waals surface area contributed by atoms with E-state index in [2.05, 4.69) is 0 Å². The second-order valence-corrected chi connectivity index (χ2v) is 7.59. The standard InChI is InChI=1S/C13H20N2O3S/c1-14-7-2-4-12(14)19(16,17)15-8-3-5-13(10-15)6-9-18-11-13/h2,4,7H,3,5-6,8-11H2,1H3. The van der Waals surface area contributed by atoms with Crippen molar-refractivity contribution in [3.63, 3.8) is 0 Å². The smallest absolute Gasteiger partial charge is 0.258 e. The van der Waals surface area contributed by atoms with Crippen LogP contribution in [0.3, 0.4) is 0 Å². The van der Waals surface area contributed by atoms with Crippen LogP contribution in [-0.4, -0.2) is 43.6 Å². The zero-order valence-electron chi connectivity index (χ0n) is 11.2. The van der Waals surface area contributed by atoms with Crippen LogP contribution in [0.15, 0.2) is 23.4 Å². The summed E-state index contributed by atoms with van der Waals surface area (Å²) in [6.45, 7) is 2.68. The SMILES string of the molecule is Cn1cccc1S(=O)(=O)N1CCCC2(CCOC2)C1. The maximum atomic E-state index is 12.7. The topological polar surface area (TPSA) is 51.5 Å². The van der Waals surface area contributed by atoms with Crippen molar-refractivity contribution in [2.45, 2.75) is 24.3 Å². The van der Waals surface area contributed by atoms with Gasteiger partial charge in [-0.2, -0.15) is 4.31 Å². The molecule has 2 aliphatic rings. The van der Waals surface area contributed by atoms with Crippen LogP contribution < -0.4 is 0 Å². The molecule has 1 aromatic heterocycles. The lowest BCUT2D eigenvalue weighted by atomic mass is 9.80. The molecule has 3 rings (SSSR count). The number of hydrogen-bond acceptors (Lipinski definition) is 3. The van der Waals surface area contributed by atoms with Gasteiger partial charge >= 0.3 is 0 Å². The first kappa shape index (κ1) is 13.1. The van der Waals surface area contributed by atoms with E-state index in [1.807, 2.05) is 0 Å². The van der Waals surface area contributed by atoms with E-state index in [4.69, 9.17) is 4.74 Å². The highest BCUT2D eigenvalue weighted by Crippen LogP contribution is 2.39. The average molecular weight is 284 g/mol. The van der Waals surface area contributed by atoms with Gasteiger partial charge in [0, 0.05) is 38.4 Å². The van der Waals surface area contributed by atoms with Crippen molar-refractivity contribution >= 4 is 10.0 Å². The molecule has 2 fully saturated rings. The fourth-order valence-electron chi connectivity index (χ4n) is 3.18. The Labute approximate surface area is 114 Å². The van der Waals surface area contributed by atoms with Crippen molar-refractivity contribution in [3.05, 3.63) is 18.3 Å². The number of sulfonamides is 1. The van der Waals surface area contributed by atoms with Gasteiger partial charge in [0.2, 0.25) is 0 Å². The Hall–Kier alpha value is -0.850. The van der Waals surface area contributed by atoms with E-state index in [-0.39, 0.29) is 5.41 Å². The molecule has 1 aromatic rings. The van der Waals surface area contributed by atoms with Gasteiger partial charge < -0.3 is 9.30 Å². The first-order valence-electron chi connectivity index (χ1n) is 6.73. The van der Waals surface area contributed by atoms with Gasteiger partial charge in [0.15, 0.2) is 0 Å². The lowest BCUT2D eigenvalue weighted by Crippen LogP contribution is -2.46. The minimum absolute atomic E-state index is 0.0521. The number of piperidine rings is 1. The highest BCUT2D eigenvalue weighted by atomic mass is 32.2. The molecule has 106 valence electrons. The molecular weight excluding hydrogens is 264 g/mol. The molecule has 19 heavy (non-hydrogen) atoms. The van der Waals surface area contributed by atoms with E-state index in [9.17, 15) is 8.42 Å². The first-order chi connectivity index (χ1) is 9.04. The van der Waals surface area contributed by atoms with Crippen molar-refractivity contribution in [1.29, 1.82) is 0 Å². The number of ether oxygens (including phenoxy) is 1. The number of hydrogen-bond donors (Lipinski definition) is 0. The maximum Gasteiger partial charge on any atom is 0.258 e. The molecule has 6 heteroatoms. The lowest BCUT2D eigenvalue weighted by molar-refractivity contribution is 0.105. The van der Waals surface area contributed by atoms with Gasteiger partial charge in [-0.3, -0.25) is 0 Å². The third kappa shape index (κ3) is 2.22. The van der Waals surface area contributed by atoms with Gasteiger partial charge in [-0.1, -0.05) is 0 Å². The van der Waals surface area contributed by atoms with Crippen molar-refractivity contribution in [3.8, 4) is 0 Å². The molecule has 0 bridgehead atoms. The summed E-state index contributed by atoms with van der Waals surface area (Å²) in [5, 5.41) is 0.378. The molecule has 2 saturated heterocycles. The summed E-state index contributed by atoms with van der Waals surface area (Å²) in [7, 11) is -1.60. The molecule has 1 spiro atoms. The Morgan fingerprint density at radius 3 is 2.84 bits per heavy atom. The summed E-state index contributed by atoms with van der Waals surface area (Å²) in [6.07, 6.45) is 4.75. The Kier molecular flexibility index (Phi) is 3.19. The van der Waals surface area contributed by atoms with E-state index in [1.54, 1.807) is 34.2 Å². The number of rotatable bonds is 2. The molecule has 0 radical (unpaired) electrons. The lowest BCUT2D eigenvalue weighted by Gasteiger charge is -2.38. The second-order valence-electron chi connectivity index (χ2n) is 5.70. The summed E-state index contributed by atoms with van der Waals surface area (Å²) in [4.78, 5) is 0. The second kappa shape index (κ2) is 4.61. The minimum atomic E-state index is -3.37. The summed E-state index contributed by atoms with van der Waals surface area (Å²) >= 11 is 0. The van der Waals surface area contributed by atoms with Crippen LogP contribution in [0.2, 0.25) is 0 Å². The molecule has 0 aliphatic carbocycles. The molecule has 0 amide bonds. The Balaban J connectivity index is 1.87. The zero-order valence-corrected chi connectivity index (χ0v) is 12.0. The molecule has 3 heterocycles. The number of aryl methyl sites for hydroxylation is 1. The maximum absolute atomic E-state index is 12.7. The van der Waals surface area contributed by atoms with E-state index < -0.39 is 10.0 Å². The molecule has 1 unspecified atom stereocenters. The third-order valence-electron chi connectivity index (χ3n) is 4.31. The first-order valence-corrected chi connectivity index (χ1v) is 8.17. The van der Waals surface area contributed by atoms with Crippen molar-refractivity contribution in [2.24, 2.45) is 12.5 Å². The predicted octanol–water partition coefficient (Wildman–Crippen LogP) is 1.22. The summed E-state index contributed by atoms with van der Waals surface area (Å²) in [5.41, 5.74) is 0.0521. The highest BCUT2D eigenvalue weighted by molar-refractivity contribution is 7.89. The van der Waals surface area contributed by atoms with Crippen LogP contribution in [0.5, 0.6) is 0 Å². The van der Waals surface area contributed by atoms with Crippen LogP contribution in [0.1, 0.15) is 19.3 Å². The van der Waals surface area contributed by atoms with E-state index >= 15 is 0 Å². The van der Waals surface area contributed by atoms with Crippen LogP contribution in [0.4, 0.5) is 0 Å². The fraction of sp³-hybridized carbons (Fsp3) is 0.692. The molecular formula is C13H20N2O3S. The third-order valence-corrected chi connectivity index (χ3v) is 6.26. The number of aromatic nitrogens is 1. The molecule has 5 nitrogen and oxygen atoms in total. The van der Waals surface area contributed by atoms with E-state index in [1.165, 1.54) is 0 Å². The molecule has 1 atom stereocenters. The summed E-state index contributed by atoms with van der Waals surface area (Å²) in [6, 6.07) is 3.44. The van der Waals surface area contributed by atoms with Gasteiger partial charge in [0.1, 0.15) is 5.03 Å². The Morgan fingerprint density at radius 2 is 2.21 bits per heavy atom. The molecule has 0 N–H and O–H groups in total. The van der Waals surface area contributed by atoms with E-state index in [0.29, 0.717) is 24.7 Å². The van der Waals surface area contributed by atoms with Crippen LogP contribution in [0.25, 0.3) is 0 Å². The Morgan fingerprint density at radius 1 is 1.37 bits per heavy atom. The predicted molar refractivity (Wildman–Crippen MR) is 71.3 cm³/mol. The van der Waals surface area contributed by atoms with Gasteiger partial charge in [0.25, 0.3) is 10.0 Å². The fourth-order valence-corrected chi connectivity index (χ4v) is 4.94. The van der Waals surface area contributed by atoms with Crippen LogP contribution >= 0.6 is 0 Å². The van der Waals surface area contributed by atoms with Crippen molar-refractivity contribution in [1.82, 2.24) is 8.87 Å². The quantitative estimate of drug-likeness (QED) is 0.820. The monoisotopic (exact) mass is 284 g/mol. The summed E-state index contributed by atoms with van der Waals surface area (Å²) < 4.78 is 34.1. The summed E-state index contributed by atoms with van der Waals surface area (Å²) in [5.74, 6) is 0. The van der Waals surface area contributed by atoms with Crippen molar-refractivity contribution < 1.29 is 13.2 Å². The highest BCUT2D eigenvalue weighted by Gasteiger charge is 2.42. The molecule has 0 saturated carbocycles.